The summed E-state index contributed by atoms with van der Waals surface area (Å²) >= 11 is 0. The number of carbonyl (C=O) groups excluding carboxylic acids is 1. The fourth-order valence-corrected chi connectivity index (χ4v) is 4.42. The molecule has 2 aliphatic rings. The zero-order valence-corrected chi connectivity index (χ0v) is 16.7. The molecule has 5 heteroatoms. The molecule has 4 rings (SSSR count). The molecule has 0 radical (unpaired) electrons. The van der Waals surface area contributed by atoms with Crippen molar-refractivity contribution in [3.8, 4) is 5.75 Å². The van der Waals surface area contributed by atoms with E-state index in [0.29, 0.717) is 12.4 Å². The average Bonchev–Trinajstić information content (AvgIpc) is 2.76. The number of aliphatic hydroxyl groups excluding tert-OH is 1. The van der Waals surface area contributed by atoms with E-state index in [1.165, 1.54) is 5.57 Å². The van der Waals surface area contributed by atoms with Gasteiger partial charge < -0.3 is 14.6 Å². The highest BCUT2D eigenvalue weighted by molar-refractivity contribution is 5.75. The highest BCUT2D eigenvalue weighted by Gasteiger charge is 2.38. The lowest BCUT2D eigenvalue weighted by atomic mass is 9.83. The molecule has 1 saturated heterocycles. The predicted octanol–water partition coefficient (Wildman–Crippen LogP) is 4.53. The number of rotatable bonds is 5. The van der Waals surface area contributed by atoms with Crippen LogP contribution >= 0.6 is 0 Å². The maximum atomic E-state index is 12.8. The molecule has 0 spiro atoms. The fraction of sp³-hybridized carbons (Fsp3) is 0.375. The molecule has 2 aromatic carbocycles. The highest BCUT2D eigenvalue weighted by Crippen LogP contribution is 2.38. The van der Waals surface area contributed by atoms with E-state index in [1.54, 1.807) is 7.11 Å². The number of aliphatic hydroxyl groups is 1. The van der Waals surface area contributed by atoms with E-state index >= 15 is 0 Å². The number of hydrogen-bond donors (Lipinski definition) is 1. The monoisotopic (exact) mass is 393 g/mol. The van der Waals surface area contributed by atoms with Crippen LogP contribution in [-0.2, 0) is 18.0 Å². The number of nitrogens with zero attached hydrogens (tertiary/aromatic N) is 1. The molecule has 2 bridgehead atoms. The average molecular weight is 393 g/mol. The molecule has 0 aliphatic carbocycles. The third-order valence-corrected chi connectivity index (χ3v) is 5.87. The van der Waals surface area contributed by atoms with Crippen LogP contribution in [0.4, 0.5) is 4.79 Å². The summed E-state index contributed by atoms with van der Waals surface area (Å²) in [5.74, 6) is 0.693. The van der Waals surface area contributed by atoms with Crippen molar-refractivity contribution in [2.24, 2.45) is 0 Å². The summed E-state index contributed by atoms with van der Waals surface area (Å²) in [5.41, 5.74) is 4.09. The van der Waals surface area contributed by atoms with Gasteiger partial charge in [-0.1, -0.05) is 42.5 Å². The number of benzene rings is 2. The Morgan fingerprint density at radius 3 is 2.72 bits per heavy atom. The van der Waals surface area contributed by atoms with Gasteiger partial charge in [0.2, 0.25) is 0 Å². The number of methoxy groups -OCH3 is 1. The van der Waals surface area contributed by atoms with Gasteiger partial charge in [0.1, 0.15) is 12.4 Å². The predicted molar refractivity (Wildman–Crippen MR) is 111 cm³/mol. The van der Waals surface area contributed by atoms with Gasteiger partial charge >= 0.3 is 6.09 Å². The van der Waals surface area contributed by atoms with E-state index in [1.807, 2.05) is 53.4 Å². The first-order valence-electron chi connectivity index (χ1n) is 10.2. The molecule has 29 heavy (non-hydrogen) atoms. The van der Waals surface area contributed by atoms with Gasteiger partial charge in [0.05, 0.1) is 19.8 Å². The van der Waals surface area contributed by atoms with Crippen molar-refractivity contribution in [2.45, 2.75) is 51.0 Å². The minimum atomic E-state index is -0.232. The lowest BCUT2D eigenvalue weighted by molar-refractivity contribution is 0.0510. The molecule has 0 aromatic heterocycles. The molecule has 2 aliphatic heterocycles. The maximum absolute atomic E-state index is 12.8. The van der Waals surface area contributed by atoms with Crippen molar-refractivity contribution in [1.29, 1.82) is 0 Å². The molecule has 2 unspecified atom stereocenters. The Morgan fingerprint density at radius 2 is 2.00 bits per heavy atom. The highest BCUT2D eigenvalue weighted by atomic mass is 16.6. The number of ether oxygens (including phenoxy) is 2. The van der Waals surface area contributed by atoms with Crippen molar-refractivity contribution < 1.29 is 19.4 Å². The Hall–Kier alpha value is -2.79. The Bertz CT molecular complexity index is 893. The zero-order chi connectivity index (χ0) is 20.2. The number of hydrogen-bond acceptors (Lipinski definition) is 4. The van der Waals surface area contributed by atoms with Crippen LogP contribution in [0, 0.1) is 0 Å². The van der Waals surface area contributed by atoms with Crippen LogP contribution in [0.5, 0.6) is 5.75 Å². The van der Waals surface area contributed by atoms with Gasteiger partial charge in [0.15, 0.2) is 0 Å². The topological polar surface area (TPSA) is 59.0 Å². The van der Waals surface area contributed by atoms with Crippen molar-refractivity contribution in [3.63, 3.8) is 0 Å². The summed E-state index contributed by atoms with van der Waals surface area (Å²) in [6.07, 6.45) is 5.81. The summed E-state index contributed by atoms with van der Waals surface area (Å²) < 4.78 is 10.9. The molecule has 2 aromatic rings. The third-order valence-electron chi connectivity index (χ3n) is 5.87. The first-order chi connectivity index (χ1) is 14.2. The van der Waals surface area contributed by atoms with Crippen LogP contribution in [0.25, 0.3) is 5.57 Å². The van der Waals surface area contributed by atoms with Gasteiger partial charge in [-0.25, -0.2) is 4.79 Å². The van der Waals surface area contributed by atoms with Crippen LogP contribution in [-0.4, -0.2) is 35.3 Å². The number of piperidine rings is 1. The molecule has 152 valence electrons. The Labute approximate surface area is 171 Å². The number of fused-ring (bicyclic) bond motifs is 2. The van der Waals surface area contributed by atoms with E-state index < -0.39 is 0 Å². The lowest BCUT2D eigenvalue weighted by Crippen LogP contribution is -2.51. The van der Waals surface area contributed by atoms with Crippen molar-refractivity contribution in [1.82, 2.24) is 4.90 Å². The van der Waals surface area contributed by atoms with E-state index in [-0.39, 0.29) is 24.8 Å². The molecule has 2 heterocycles. The minimum Gasteiger partial charge on any atom is -0.496 e. The quantitative estimate of drug-likeness (QED) is 0.811. The summed E-state index contributed by atoms with van der Waals surface area (Å²) in [4.78, 5) is 14.8. The van der Waals surface area contributed by atoms with Crippen molar-refractivity contribution in [2.75, 3.05) is 7.11 Å². The summed E-state index contributed by atoms with van der Waals surface area (Å²) in [7, 11) is 1.61. The van der Waals surface area contributed by atoms with Crippen molar-refractivity contribution in [3.05, 3.63) is 71.3 Å². The van der Waals surface area contributed by atoms with Crippen LogP contribution < -0.4 is 4.74 Å². The molecule has 2 atom stereocenters. The smallest absolute Gasteiger partial charge is 0.410 e. The third kappa shape index (κ3) is 4.15. The standard InChI is InChI=1S/C24H27NO4/c1-28-23-11-10-18(12-20(23)15-26)19-13-21-8-5-9-22(14-19)25(21)24(27)29-16-17-6-3-2-4-7-17/h2-4,6-7,10-13,21-22,26H,5,8-9,14-16H2,1H3. The lowest BCUT2D eigenvalue weighted by Gasteiger charge is -2.44. The zero-order valence-electron chi connectivity index (χ0n) is 16.7. The fourth-order valence-electron chi connectivity index (χ4n) is 4.42. The van der Waals surface area contributed by atoms with E-state index in [0.717, 1.165) is 42.4 Å². The molecule has 1 amide bonds. The van der Waals surface area contributed by atoms with Crippen LogP contribution in [0.15, 0.2) is 54.6 Å². The van der Waals surface area contributed by atoms with Gasteiger partial charge in [-0.2, -0.15) is 0 Å². The second-order valence-electron chi connectivity index (χ2n) is 7.68. The second-order valence-corrected chi connectivity index (χ2v) is 7.68. The second kappa shape index (κ2) is 8.70. The molecule has 1 N–H and O–H groups in total. The molecule has 1 fully saturated rings. The first kappa shape index (κ1) is 19.5. The number of carbonyl (C=O) groups is 1. The SMILES string of the molecule is COc1ccc(C2=CC3CCCC(C2)N3C(=O)OCc2ccccc2)cc1CO. The van der Waals surface area contributed by atoms with Crippen LogP contribution in [0.3, 0.4) is 0 Å². The summed E-state index contributed by atoms with van der Waals surface area (Å²) in [6, 6.07) is 15.9. The van der Waals surface area contributed by atoms with E-state index in [4.69, 9.17) is 9.47 Å². The van der Waals surface area contributed by atoms with E-state index in [2.05, 4.69) is 6.08 Å². The Morgan fingerprint density at radius 1 is 1.17 bits per heavy atom. The number of amides is 1. The normalized spacial score (nSPS) is 20.8. The van der Waals surface area contributed by atoms with Gasteiger partial charge in [0.25, 0.3) is 0 Å². The molecular weight excluding hydrogens is 366 g/mol. The Balaban J connectivity index is 1.52. The Kier molecular flexibility index (Phi) is 5.86. The maximum Gasteiger partial charge on any atom is 0.410 e. The molecule has 0 saturated carbocycles. The molecule has 5 nitrogen and oxygen atoms in total. The van der Waals surface area contributed by atoms with Crippen molar-refractivity contribution >= 4 is 11.7 Å². The largest absolute Gasteiger partial charge is 0.496 e. The molecular formula is C24H27NO4. The van der Waals surface area contributed by atoms with Gasteiger partial charge in [-0.05, 0) is 54.5 Å². The van der Waals surface area contributed by atoms with Crippen LogP contribution in [0.1, 0.15) is 42.4 Å². The summed E-state index contributed by atoms with van der Waals surface area (Å²) in [6.45, 7) is 0.236. The van der Waals surface area contributed by atoms with Gasteiger partial charge in [-0.15, -0.1) is 0 Å². The van der Waals surface area contributed by atoms with Crippen LogP contribution in [0.2, 0.25) is 0 Å². The first-order valence-corrected chi connectivity index (χ1v) is 10.2. The van der Waals surface area contributed by atoms with E-state index in [9.17, 15) is 9.90 Å². The van der Waals surface area contributed by atoms with Gasteiger partial charge in [-0.3, -0.25) is 4.90 Å². The minimum absolute atomic E-state index is 0.0560. The summed E-state index contributed by atoms with van der Waals surface area (Å²) in [5, 5.41) is 9.63. The van der Waals surface area contributed by atoms with Gasteiger partial charge in [0, 0.05) is 11.6 Å².